The number of thiophene rings is 1. The second-order valence-corrected chi connectivity index (χ2v) is 10.0. The van der Waals surface area contributed by atoms with Gasteiger partial charge in [-0.2, -0.15) is 0 Å². The molecule has 8 heteroatoms. The number of aromatic amines is 1. The largest absolute Gasteiger partial charge is 0.389 e. The number of aliphatic hydroxyl groups is 1. The summed E-state index contributed by atoms with van der Waals surface area (Å²) in [5.41, 5.74) is 2.21. The van der Waals surface area contributed by atoms with Crippen LogP contribution in [-0.4, -0.2) is 59.5 Å². The SMILES string of the molecule is COCCN(Cc1nc2sc3c(c2c(=O)[nH]1)CC[C@H](C)C3)C[C@H](O)COCc1ccccc1. The standard InChI is InChI=1S/C25H33N3O4S/c1-17-8-9-20-21(12-17)33-25-23(20)24(30)26-22(27-25)14-28(10-11-31-2)13-19(29)16-32-15-18-6-4-3-5-7-18/h3-7,17,19,29H,8-16H2,1-2H3,(H,26,27,30)/t17-,19-/m0/s1. The Hall–Kier alpha value is -2.10. The summed E-state index contributed by atoms with van der Waals surface area (Å²) in [5, 5.41) is 11.3. The van der Waals surface area contributed by atoms with Gasteiger partial charge in [0.1, 0.15) is 10.7 Å². The van der Waals surface area contributed by atoms with E-state index >= 15 is 0 Å². The highest BCUT2D eigenvalue weighted by molar-refractivity contribution is 7.18. The number of methoxy groups -OCH3 is 1. The molecular weight excluding hydrogens is 438 g/mol. The van der Waals surface area contributed by atoms with Gasteiger partial charge in [-0.25, -0.2) is 4.98 Å². The normalized spacial score (nSPS) is 16.9. The predicted molar refractivity (Wildman–Crippen MR) is 131 cm³/mol. The van der Waals surface area contributed by atoms with Crippen molar-refractivity contribution in [3.63, 3.8) is 0 Å². The van der Waals surface area contributed by atoms with E-state index in [1.165, 1.54) is 10.4 Å². The third-order valence-electron chi connectivity index (χ3n) is 6.09. The Morgan fingerprint density at radius 1 is 1.33 bits per heavy atom. The number of aromatic nitrogens is 2. The smallest absolute Gasteiger partial charge is 0.259 e. The van der Waals surface area contributed by atoms with Crippen molar-refractivity contribution in [3.8, 4) is 0 Å². The second kappa shape index (κ2) is 11.4. The molecule has 1 aliphatic rings. The van der Waals surface area contributed by atoms with E-state index in [0.717, 1.165) is 35.0 Å². The van der Waals surface area contributed by atoms with Crippen molar-refractivity contribution >= 4 is 21.6 Å². The summed E-state index contributed by atoms with van der Waals surface area (Å²) in [6.07, 6.45) is 2.45. The van der Waals surface area contributed by atoms with Gasteiger partial charge in [0.05, 0.1) is 37.9 Å². The maximum Gasteiger partial charge on any atom is 0.259 e. The minimum absolute atomic E-state index is 0.0551. The van der Waals surface area contributed by atoms with E-state index in [1.54, 1.807) is 18.4 Å². The lowest BCUT2D eigenvalue weighted by Gasteiger charge is -2.24. The molecular formula is C25H33N3O4S. The van der Waals surface area contributed by atoms with Crippen molar-refractivity contribution in [1.82, 2.24) is 14.9 Å². The molecule has 1 aliphatic carbocycles. The zero-order valence-corrected chi connectivity index (χ0v) is 20.2. The summed E-state index contributed by atoms with van der Waals surface area (Å²) in [7, 11) is 1.65. The van der Waals surface area contributed by atoms with Gasteiger partial charge in [-0.1, -0.05) is 37.3 Å². The molecule has 0 bridgehead atoms. The summed E-state index contributed by atoms with van der Waals surface area (Å²) in [4.78, 5) is 24.9. The fraction of sp³-hybridized carbons (Fsp3) is 0.520. The first kappa shape index (κ1) is 24.0. The van der Waals surface area contributed by atoms with Crippen molar-refractivity contribution in [3.05, 3.63) is 62.5 Å². The van der Waals surface area contributed by atoms with Crippen molar-refractivity contribution < 1.29 is 14.6 Å². The first-order chi connectivity index (χ1) is 16.0. The highest BCUT2D eigenvalue weighted by atomic mass is 32.1. The van der Waals surface area contributed by atoms with Crippen LogP contribution in [0.4, 0.5) is 0 Å². The van der Waals surface area contributed by atoms with Crippen LogP contribution in [0, 0.1) is 5.92 Å². The van der Waals surface area contributed by atoms with Gasteiger partial charge >= 0.3 is 0 Å². The number of hydrogen-bond donors (Lipinski definition) is 2. The number of rotatable bonds is 11. The zero-order valence-electron chi connectivity index (χ0n) is 19.4. The van der Waals surface area contributed by atoms with Gasteiger partial charge in [0.25, 0.3) is 5.56 Å². The molecule has 0 radical (unpaired) electrons. The van der Waals surface area contributed by atoms with Crippen LogP contribution in [-0.2, 0) is 35.5 Å². The zero-order chi connectivity index (χ0) is 23.2. The Labute approximate surface area is 198 Å². The van der Waals surface area contributed by atoms with E-state index < -0.39 is 6.10 Å². The lowest BCUT2D eigenvalue weighted by molar-refractivity contribution is 0.00437. The maximum atomic E-state index is 12.9. The number of aryl methyl sites for hydroxylation is 1. The van der Waals surface area contributed by atoms with E-state index in [2.05, 4.69) is 11.9 Å². The Morgan fingerprint density at radius 2 is 2.15 bits per heavy atom. The van der Waals surface area contributed by atoms with Gasteiger partial charge in [-0.3, -0.25) is 9.69 Å². The van der Waals surface area contributed by atoms with Gasteiger partial charge < -0.3 is 19.6 Å². The van der Waals surface area contributed by atoms with Crippen LogP contribution in [0.1, 0.15) is 35.2 Å². The molecule has 2 atom stereocenters. The van der Waals surface area contributed by atoms with Crippen molar-refractivity contribution in [2.45, 2.75) is 45.4 Å². The van der Waals surface area contributed by atoms with Crippen LogP contribution in [0.5, 0.6) is 0 Å². The number of hydrogen-bond acceptors (Lipinski definition) is 7. The Morgan fingerprint density at radius 3 is 2.94 bits per heavy atom. The number of nitrogens with zero attached hydrogens (tertiary/aromatic N) is 2. The van der Waals surface area contributed by atoms with E-state index in [0.29, 0.717) is 44.6 Å². The van der Waals surface area contributed by atoms with Crippen LogP contribution >= 0.6 is 11.3 Å². The highest BCUT2D eigenvalue weighted by Gasteiger charge is 2.23. The van der Waals surface area contributed by atoms with Crippen LogP contribution in [0.3, 0.4) is 0 Å². The van der Waals surface area contributed by atoms with Gasteiger partial charge in [-0.15, -0.1) is 11.3 Å². The van der Waals surface area contributed by atoms with E-state index in [-0.39, 0.29) is 12.2 Å². The molecule has 0 spiro atoms. The molecule has 2 N–H and O–H groups in total. The molecule has 178 valence electrons. The fourth-order valence-corrected chi connectivity index (χ4v) is 5.78. The maximum absolute atomic E-state index is 12.9. The van der Waals surface area contributed by atoms with E-state index in [9.17, 15) is 9.90 Å². The minimum Gasteiger partial charge on any atom is -0.389 e. The van der Waals surface area contributed by atoms with Gasteiger partial charge in [0.15, 0.2) is 0 Å². The topological polar surface area (TPSA) is 87.7 Å². The number of aliphatic hydroxyl groups excluding tert-OH is 1. The van der Waals surface area contributed by atoms with E-state index in [1.807, 2.05) is 35.2 Å². The first-order valence-corrected chi connectivity index (χ1v) is 12.4. The minimum atomic E-state index is -0.656. The molecule has 0 amide bonds. The van der Waals surface area contributed by atoms with Gasteiger partial charge in [0, 0.05) is 25.1 Å². The summed E-state index contributed by atoms with van der Waals surface area (Å²) in [6, 6.07) is 9.90. The molecule has 4 rings (SSSR count). The molecule has 33 heavy (non-hydrogen) atoms. The predicted octanol–water partition coefficient (Wildman–Crippen LogP) is 3.14. The first-order valence-electron chi connectivity index (χ1n) is 11.6. The van der Waals surface area contributed by atoms with Crippen molar-refractivity contribution in [2.24, 2.45) is 5.92 Å². The highest BCUT2D eigenvalue weighted by Crippen LogP contribution is 2.35. The van der Waals surface area contributed by atoms with Crippen LogP contribution < -0.4 is 5.56 Å². The Balaban J connectivity index is 1.41. The molecule has 7 nitrogen and oxygen atoms in total. The average Bonchev–Trinajstić information content (AvgIpc) is 3.16. The second-order valence-electron chi connectivity index (χ2n) is 8.93. The van der Waals surface area contributed by atoms with Crippen LogP contribution in [0.25, 0.3) is 10.2 Å². The van der Waals surface area contributed by atoms with E-state index in [4.69, 9.17) is 14.5 Å². The lowest BCUT2D eigenvalue weighted by atomic mass is 9.89. The summed E-state index contributed by atoms with van der Waals surface area (Å²) < 4.78 is 10.9. The Bertz CT molecular complexity index is 1100. The molecule has 0 aliphatic heterocycles. The summed E-state index contributed by atoms with van der Waals surface area (Å²) in [5.74, 6) is 1.27. The number of nitrogens with one attached hydrogen (secondary N) is 1. The fourth-order valence-electron chi connectivity index (χ4n) is 4.37. The molecule has 0 fully saturated rings. The monoisotopic (exact) mass is 471 g/mol. The molecule has 2 heterocycles. The van der Waals surface area contributed by atoms with Crippen LogP contribution in [0.15, 0.2) is 35.1 Å². The summed E-state index contributed by atoms with van der Waals surface area (Å²) in [6.45, 7) is 4.93. The number of fused-ring (bicyclic) bond motifs is 3. The molecule has 3 aromatic rings. The van der Waals surface area contributed by atoms with Gasteiger partial charge in [-0.05, 0) is 36.3 Å². The van der Waals surface area contributed by atoms with Crippen LogP contribution in [0.2, 0.25) is 0 Å². The molecule has 0 saturated carbocycles. The average molecular weight is 472 g/mol. The van der Waals surface area contributed by atoms with Crippen molar-refractivity contribution in [2.75, 3.05) is 33.4 Å². The molecule has 1 aromatic carbocycles. The number of ether oxygens (including phenoxy) is 2. The summed E-state index contributed by atoms with van der Waals surface area (Å²) >= 11 is 1.66. The number of benzene rings is 1. The third kappa shape index (κ3) is 6.28. The lowest BCUT2D eigenvalue weighted by Crippen LogP contribution is -2.37. The van der Waals surface area contributed by atoms with Gasteiger partial charge in [0.2, 0.25) is 0 Å². The molecule has 0 unspecified atom stereocenters. The number of H-pyrrole nitrogens is 1. The quantitative estimate of drug-likeness (QED) is 0.447. The third-order valence-corrected chi connectivity index (χ3v) is 7.24. The molecule has 2 aromatic heterocycles. The Kier molecular flexibility index (Phi) is 8.27. The molecule has 0 saturated heterocycles. The van der Waals surface area contributed by atoms with Crippen molar-refractivity contribution in [1.29, 1.82) is 0 Å².